The Hall–Kier alpha value is -0.930. The average Bonchev–Trinajstić information content (AvgIpc) is 2.97. The fraction of sp³-hybridized carbons (Fsp3) is 0.467. The predicted molar refractivity (Wildman–Crippen MR) is 79.3 cm³/mol. The first-order valence-corrected chi connectivity index (χ1v) is 7.93. The van der Waals surface area contributed by atoms with Crippen molar-refractivity contribution in [2.75, 3.05) is 6.26 Å². The van der Waals surface area contributed by atoms with Gasteiger partial charge in [-0.05, 0) is 49.3 Å². The summed E-state index contributed by atoms with van der Waals surface area (Å²) in [4.78, 5) is 1.33. The number of nitrogens with zero attached hydrogens (tertiary/aromatic N) is 1. The molecule has 1 aliphatic heterocycles. The summed E-state index contributed by atoms with van der Waals surface area (Å²) in [5.74, 6) is 0. The number of aryl methyl sites for hydroxylation is 1. The van der Waals surface area contributed by atoms with Crippen molar-refractivity contribution >= 4 is 22.7 Å². The van der Waals surface area contributed by atoms with Crippen LogP contribution < -0.4 is 5.73 Å². The van der Waals surface area contributed by atoms with Gasteiger partial charge in [0.25, 0.3) is 0 Å². The van der Waals surface area contributed by atoms with Crippen LogP contribution in [0.2, 0.25) is 0 Å². The zero-order valence-corrected chi connectivity index (χ0v) is 11.9. The van der Waals surface area contributed by atoms with Gasteiger partial charge in [-0.25, -0.2) is 0 Å². The van der Waals surface area contributed by atoms with Gasteiger partial charge in [-0.3, -0.25) is 0 Å². The molecular formula is C15H20N2S. The zero-order chi connectivity index (χ0) is 12.7. The third kappa shape index (κ3) is 1.69. The van der Waals surface area contributed by atoms with E-state index < -0.39 is 0 Å². The van der Waals surface area contributed by atoms with Crippen molar-refractivity contribution in [2.45, 2.75) is 43.7 Å². The van der Waals surface area contributed by atoms with E-state index in [1.165, 1.54) is 39.9 Å². The van der Waals surface area contributed by atoms with Crippen molar-refractivity contribution in [3.63, 3.8) is 0 Å². The molecule has 0 spiro atoms. The Morgan fingerprint density at radius 3 is 3.00 bits per heavy atom. The number of aromatic nitrogens is 1. The van der Waals surface area contributed by atoms with E-state index in [1.807, 2.05) is 0 Å². The Morgan fingerprint density at radius 1 is 1.44 bits per heavy atom. The molecule has 0 bridgehead atoms. The topological polar surface area (TPSA) is 30.9 Å². The molecule has 1 aromatic carbocycles. The SMILES string of the molecule is CCC(N)c1c2n(c3ccc(SC)cc13)CCC2. The highest BCUT2D eigenvalue weighted by Gasteiger charge is 2.23. The summed E-state index contributed by atoms with van der Waals surface area (Å²) in [6.07, 6.45) is 5.59. The van der Waals surface area contributed by atoms with Crippen molar-refractivity contribution in [1.82, 2.24) is 4.57 Å². The van der Waals surface area contributed by atoms with Crippen LogP contribution in [0.3, 0.4) is 0 Å². The quantitative estimate of drug-likeness (QED) is 0.853. The minimum Gasteiger partial charge on any atom is -0.344 e. The summed E-state index contributed by atoms with van der Waals surface area (Å²) < 4.78 is 2.48. The fourth-order valence-electron chi connectivity index (χ4n) is 3.09. The molecule has 0 saturated carbocycles. The molecule has 0 amide bonds. The number of hydrogen-bond acceptors (Lipinski definition) is 2. The minimum atomic E-state index is 0.180. The summed E-state index contributed by atoms with van der Waals surface area (Å²) in [6.45, 7) is 3.33. The molecule has 0 fully saturated rings. The lowest BCUT2D eigenvalue weighted by atomic mass is 10.00. The van der Waals surface area contributed by atoms with Crippen LogP contribution in [-0.2, 0) is 13.0 Å². The maximum Gasteiger partial charge on any atom is 0.0486 e. The molecule has 2 N–H and O–H groups in total. The van der Waals surface area contributed by atoms with Crippen molar-refractivity contribution in [2.24, 2.45) is 5.73 Å². The molecule has 2 nitrogen and oxygen atoms in total. The molecule has 2 heterocycles. The van der Waals surface area contributed by atoms with E-state index in [2.05, 4.69) is 35.9 Å². The van der Waals surface area contributed by atoms with E-state index in [1.54, 1.807) is 11.8 Å². The average molecular weight is 260 g/mol. The number of fused-ring (bicyclic) bond motifs is 3. The monoisotopic (exact) mass is 260 g/mol. The van der Waals surface area contributed by atoms with Crippen LogP contribution in [0.5, 0.6) is 0 Å². The molecule has 1 aromatic heterocycles. The Bertz CT molecular complexity index is 586. The van der Waals surface area contributed by atoms with E-state index in [-0.39, 0.29) is 6.04 Å². The molecule has 1 atom stereocenters. The van der Waals surface area contributed by atoms with Gasteiger partial charge >= 0.3 is 0 Å². The first-order chi connectivity index (χ1) is 8.76. The van der Waals surface area contributed by atoms with Crippen LogP contribution >= 0.6 is 11.8 Å². The summed E-state index contributed by atoms with van der Waals surface area (Å²) in [5, 5.41) is 1.38. The van der Waals surface area contributed by atoms with Crippen molar-refractivity contribution in [3.05, 3.63) is 29.5 Å². The van der Waals surface area contributed by atoms with E-state index in [0.717, 1.165) is 13.0 Å². The number of thioether (sulfide) groups is 1. The van der Waals surface area contributed by atoms with E-state index in [0.29, 0.717) is 0 Å². The largest absolute Gasteiger partial charge is 0.344 e. The second-order valence-corrected chi connectivity index (χ2v) is 5.89. The van der Waals surface area contributed by atoms with Crippen molar-refractivity contribution < 1.29 is 0 Å². The summed E-state index contributed by atoms with van der Waals surface area (Å²) in [7, 11) is 0. The van der Waals surface area contributed by atoms with Crippen LogP contribution in [0, 0.1) is 0 Å². The summed E-state index contributed by atoms with van der Waals surface area (Å²) >= 11 is 1.80. The Balaban J connectivity index is 2.29. The molecule has 0 saturated heterocycles. The van der Waals surface area contributed by atoms with Crippen LogP contribution in [0.25, 0.3) is 10.9 Å². The smallest absolute Gasteiger partial charge is 0.0486 e. The maximum atomic E-state index is 6.35. The second-order valence-electron chi connectivity index (χ2n) is 5.01. The minimum absolute atomic E-state index is 0.180. The standard InChI is InChI=1S/C15H20N2S/c1-3-12(16)15-11-9-10(18-2)6-7-13(11)17-8-4-5-14(15)17/h6-7,9,12H,3-5,8,16H2,1-2H3. The van der Waals surface area contributed by atoms with Crippen LogP contribution in [0.1, 0.15) is 37.1 Å². The van der Waals surface area contributed by atoms with Crippen molar-refractivity contribution in [3.8, 4) is 0 Å². The lowest BCUT2D eigenvalue weighted by molar-refractivity contribution is 0.693. The molecule has 96 valence electrons. The van der Waals surface area contributed by atoms with E-state index >= 15 is 0 Å². The molecule has 3 heteroatoms. The predicted octanol–water partition coefficient (Wildman–Crippen LogP) is 3.72. The van der Waals surface area contributed by atoms with Gasteiger partial charge in [0.2, 0.25) is 0 Å². The Labute approximate surface area is 113 Å². The second kappa shape index (κ2) is 4.63. The van der Waals surface area contributed by atoms with Crippen LogP contribution in [-0.4, -0.2) is 10.8 Å². The van der Waals surface area contributed by atoms with E-state index in [4.69, 9.17) is 5.73 Å². The molecule has 18 heavy (non-hydrogen) atoms. The van der Waals surface area contributed by atoms with Gasteiger partial charge in [-0.1, -0.05) is 6.92 Å². The third-order valence-electron chi connectivity index (χ3n) is 4.03. The van der Waals surface area contributed by atoms with E-state index in [9.17, 15) is 0 Å². The van der Waals surface area contributed by atoms with Crippen molar-refractivity contribution in [1.29, 1.82) is 0 Å². The third-order valence-corrected chi connectivity index (χ3v) is 4.75. The summed E-state index contributed by atoms with van der Waals surface area (Å²) in [6, 6.07) is 6.98. The van der Waals surface area contributed by atoms with Crippen LogP contribution in [0.15, 0.2) is 23.1 Å². The van der Waals surface area contributed by atoms with Gasteiger partial charge in [-0.2, -0.15) is 0 Å². The van der Waals surface area contributed by atoms with Gasteiger partial charge in [0, 0.05) is 34.1 Å². The number of hydrogen-bond donors (Lipinski definition) is 1. The van der Waals surface area contributed by atoms with Gasteiger partial charge in [0.1, 0.15) is 0 Å². The van der Waals surface area contributed by atoms with Gasteiger partial charge in [0.15, 0.2) is 0 Å². The highest BCUT2D eigenvalue weighted by Crippen LogP contribution is 2.37. The molecular weight excluding hydrogens is 240 g/mol. The number of nitrogens with two attached hydrogens (primary N) is 1. The maximum absolute atomic E-state index is 6.35. The summed E-state index contributed by atoms with van der Waals surface area (Å²) in [5.41, 5.74) is 10.6. The fourth-order valence-corrected chi connectivity index (χ4v) is 3.53. The lowest BCUT2D eigenvalue weighted by Gasteiger charge is -2.10. The van der Waals surface area contributed by atoms with Gasteiger partial charge < -0.3 is 10.3 Å². The molecule has 3 rings (SSSR count). The zero-order valence-electron chi connectivity index (χ0n) is 11.1. The molecule has 1 unspecified atom stereocenters. The molecule has 0 radical (unpaired) electrons. The first kappa shape index (κ1) is 12.1. The number of benzene rings is 1. The number of rotatable bonds is 3. The highest BCUT2D eigenvalue weighted by molar-refractivity contribution is 7.98. The van der Waals surface area contributed by atoms with Crippen LogP contribution in [0.4, 0.5) is 0 Å². The molecule has 2 aromatic rings. The molecule has 1 aliphatic rings. The first-order valence-electron chi connectivity index (χ1n) is 6.70. The Kier molecular flexibility index (Phi) is 3.12. The lowest BCUT2D eigenvalue weighted by Crippen LogP contribution is -2.10. The normalized spacial score (nSPS) is 16.2. The van der Waals surface area contributed by atoms with Gasteiger partial charge in [0.05, 0.1) is 0 Å². The Morgan fingerprint density at radius 2 is 2.28 bits per heavy atom. The highest BCUT2D eigenvalue weighted by atomic mass is 32.2. The molecule has 0 aliphatic carbocycles. The van der Waals surface area contributed by atoms with Gasteiger partial charge in [-0.15, -0.1) is 11.8 Å².